The number of aromatic nitrogens is 2. The molecule has 0 unspecified atom stereocenters. The maximum Gasteiger partial charge on any atom is 0.416 e. The van der Waals surface area contributed by atoms with Crippen LogP contribution in [0.2, 0.25) is 0 Å². The lowest BCUT2D eigenvalue weighted by atomic mass is 9.90. The maximum atomic E-state index is 13.3. The third-order valence-electron chi connectivity index (χ3n) is 7.10. The molecule has 3 N–H and O–H groups in total. The third kappa shape index (κ3) is 6.66. The highest BCUT2D eigenvalue weighted by atomic mass is 32.2. The molecule has 0 aliphatic carbocycles. The summed E-state index contributed by atoms with van der Waals surface area (Å²) in [6.07, 6.45) is -0.935. The van der Waals surface area contributed by atoms with E-state index in [-0.39, 0.29) is 22.6 Å². The smallest absolute Gasteiger partial charge is 0.398 e. The summed E-state index contributed by atoms with van der Waals surface area (Å²) >= 11 is 0. The average Bonchev–Trinajstić information content (AvgIpc) is 2.95. The van der Waals surface area contributed by atoms with E-state index in [1.165, 1.54) is 46.9 Å². The van der Waals surface area contributed by atoms with Crippen molar-refractivity contribution in [3.05, 3.63) is 95.9 Å². The summed E-state index contributed by atoms with van der Waals surface area (Å²) in [5, 5.41) is 3.00. The maximum absolute atomic E-state index is 13.3. The molecule has 41 heavy (non-hydrogen) atoms. The molecule has 5 rings (SSSR count). The molecule has 1 aliphatic heterocycles. The predicted molar refractivity (Wildman–Crippen MR) is 148 cm³/mol. The molecule has 2 heterocycles. The van der Waals surface area contributed by atoms with Crippen LogP contribution in [0.5, 0.6) is 0 Å². The second-order valence-corrected chi connectivity index (χ2v) is 11.8. The van der Waals surface area contributed by atoms with Crippen LogP contribution in [-0.2, 0) is 22.6 Å². The van der Waals surface area contributed by atoms with Gasteiger partial charge >= 0.3 is 6.18 Å². The fourth-order valence-electron chi connectivity index (χ4n) is 4.81. The van der Waals surface area contributed by atoms with Crippen molar-refractivity contribution in [1.82, 2.24) is 14.3 Å². The quantitative estimate of drug-likeness (QED) is 0.196. The normalized spacial score (nSPS) is 15.1. The highest BCUT2D eigenvalue weighted by Crippen LogP contribution is 2.31. The zero-order valence-corrected chi connectivity index (χ0v) is 22.6. The molecule has 0 spiro atoms. The monoisotopic (exact) mass is 585 g/mol. The van der Waals surface area contributed by atoms with E-state index < -0.39 is 21.8 Å². The van der Waals surface area contributed by atoms with Crippen molar-refractivity contribution in [3.63, 3.8) is 0 Å². The van der Waals surface area contributed by atoms with Crippen LogP contribution in [0.3, 0.4) is 0 Å². The lowest BCUT2D eigenvalue weighted by Crippen LogP contribution is -2.38. The van der Waals surface area contributed by atoms with Gasteiger partial charge in [-0.25, -0.2) is 22.8 Å². The molecule has 0 atom stereocenters. The van der Waals surface area contributed by atoms with Crippen molar-refractivity contribution in [3.8, 4) is 11.3 Å². The average molecular weight is 586 g/mol. The molecule has 3 aromatic carbocycles. The summed E-state index contributed by atoms with van der Waals surface area (Å²) < 4.78 is 79.9. The SMILES string of the molecule is Nc1cc(F)ccc1CC1CCN(S(=O)(=O)c2ccc(Nc3nccc(-c4ccc(C(F)(F)F)cc4)n3)cc2)CC1. The van der Waals surface area contributed by atoms with Gasteiger partial charge in [0.05, 0.1) is 16.2 Å². The molecule has 1 aliphatic rings. The van der Waals surface area contributed by atoms with Gasteiger partial charge in [0.25, 0.3) is 0 Å². The molecule has 0 amide bonds. The van der Waals surface area contributed by atoms with Crippen molar-refractivity contribution >= 4 is 27.3 Å². The van der Waals surface area contributed by atoms with Gasteiger partial charge in [-0.3, -0.25) is 0 Å². The van der Waals surface area contributed by atoms with E-state index in [0.29, 0.717) is 55.0 Å². The molecule has 7 nitrogen and oxygen atoms in total. The van der Waals surface area contributed by atoms with Gasteiger partial charge in [0.1, 0.15) is 5.82 Å². The van der Waals surface area contributed by atoms with Crippen LogP contribution < -0.4 is 11.1 Å². The standard InChI is InChI=1S/C29H27F4N5O2S/c30-23-6-3-21(26(34)18-23)17-19-12-15-38(16-13-19)41(39,40)25-9-7-24(8-10-25)36-28-35-14-11-27(37-28)20-1-4-22(5-2-20)29(31,32)33/h1-11,14,18-19H,12-13,15-17,34H2,(H,35,36,37). The number of hydrogen-bond acceptors (Lipinski definition) is 6. The number of rotatable bonds is 7. The topological polar surface area (TPSA) is 101 Å². The molecule has 214 valence electrons. The molecule has 1 aromatic heterocycles. The Kier molecular flexibility index (Phi) is 7.96. The predicted octanol–water partition coefficient (Wildman–Crippen LogP) is 6.27. The Balaban J connectivity index is 1.21. The lowest BCUT2D eigenvalue weighted by Gasteiger charge is -2.31. The second kappa shape index (κ2) is 11.5. The number of anilines is 3. The first-order chi connectivity index (χ1) is 19.5. The first kappa shape index (κ1) is 28.5. The third-order valence-corrected chi connectivity index (χ3v) is 9.01. The molecule has 1 fully saturated rings. The fourth-order valence-corrected chi connectivity index (χ4v) is 6.28. The molecule has 1 saturated heterocycles. The number of nitrogens with two attached hydrogens (primary N) is 1. The largest absolute Gasteiger partial charge is 0.416 e. The summed E-state index contributed by atoms with van der Waals surface area (Å²) in [5.41, 5.74) is 7.93. The Hall–Kier alpha value is -4.03. The second-order valence-electron chi connectivity index (χ2n) is 9.88. The number of sulfonamides is 1. The Morgan fingerprint density at radius 2 is 1.63 bits per heavy atom. The molecule has 4 aromatic rings. The minimum absolute atomic E-state index is 0.156. The first-order valence-corrected chi connectivity index (χ1v) is 14.3. The summed E-state index contributed by atoms with van der Waals surface area (Å²) in [6, 6.07) is 16.8. The van der Waals surface area contributed by atoms with E-state index in [4.69, 9.17) is 5.73 Å². The van der Waals surface area contributed by atoms with Crippen molar-refractivity contribution in [2.45, 2.75) is 30.3 Å². The van der Waals surface area contributed by atoms with Crippen LogP contribution >= 0.6 is 0 Å². The van der Waals surface area contributed by atoms with Crippen molar-refractivity contribution < 1.29 is 26.0 Å². The summed E-state index contributed by atoms with van der Waals surface area (Å²) in [5.74, 6) is 0.0774. The lowest BCUT2D eigenvalue weighted by molar-refractivity contribution is -0.137. The fraction of sp³-hybridized carbons (Fsp3) is 0.241. The van der Waals surface area contributed by atoms with Crippen molar-refractivity contribution in [1.29, 1.82) is 0 Å². The van der Waals surface area contributed by atoms with Crippen molar-refractivity contribution in [2.24, 2.45) is 5.92 Å². The van der Waals surface area contributed by atoms with Gasteiger partial charge in [0.15, 0.2) is 0 Å². The van der Waals surface area contributed by atoms with Crippen LogP contribution in [0, 0.1) is 11.7 Å². The Labute approximate surface area is 235 Å². The van der Waals surface area contributed by atoms with Crippen molar-refractivity contribution in [2.75, 3.05) is 24.1 Å². The van der Waals surface area contributed by atoms with E-state index in [1.54, 1.807) is 24.3 Å². The van der Waals surface area contributed by atoms with Crippen LogP contribution in [0.25, 0.3) is 11.3 Å². The number of nitrogen functional groups attached to an aromatic ring is 1. The Morgan fingerprint density at radius 3 is 2.27 bits per heavy atom. The first-order valence-electron chi connectivity index (χ1n) is 12.9. The van der Waals surface area contributed by atoms with E-state index in [1.807, 2.05) is 0 Å². The Morgan fingerprint density at radius 1 is 0.951 bits per heavy atom. The zero-order chi connectivity index (χ0) is 29.2. The number of benzene rings is 3. The van der Waals surface area contributed by atoms with Gasteiger partial charge < -0.3 is 11.1 Å². The summed E-state index contributed by atoms with van der Waals surface area (Å²) in [7, 11) is -3.70. The summed E-state index contributed by atoms with van der Waals surface area (Å²) in [6.45, 7) is 0.747. The molecule has 0 saturated carbocycles. The van der Waals surface area contributed by atoms with Crippen LogP contribution in [-0.4, -0.2) is 35.8 Å². The van der Waals surface area contributed by atoms with Crippen LogP contribution in [0.4, 0.5) is 34.9 Å². The number of hydrogen-bond donors (Lipinski definition) is 2. The molecular formula is C29H27F4N5O2S. The molecule has 12 heteroatoms. The van der Waals surface area contributed by atoms with Crippen LogP contribution in [0.15, 0.2) is 83.9 Å². The van der Waals surface area contributed by atoms with E-state index in [9.17, 15) is 26.0 Å². The molecule has 0 bridgehead atoms. The van der Waals surface area contributed by atoms with Gasteiger partial charge in [0.2, 0.25) is 16.0 Å². The van der Waals surface area contributed by atoms with E-state index in [0.717, 1.165) is 17.7 Å². The number of nitrogens with one attached hydrogen (secondary N) is 1. The van der Waals surface area contributed by atoms with Gasteiger partial charge in [0, 0.05) is 36.2 Å². The molecular weight excluding hydrogens is 558 g/mol. The van der Waals surface area contributed by atoms with Gasteiger partial charge in [-0.2, -0.15) is 17.5 Å². The van der Waals surface area contributed by atoms with E-state index >= 15 is 0 Å². The van der Waals surface area contributed by atoms with Gasteiger partial charge in [-0.15, -0.1) is 0 Å². The van der Waals surface area contributed by atoms with Gasteiger partial charge in [-0.1, -0.05) is 18.2 Å². The highest BCUT2D eigenvalue weighted by Gasteiger charge is 2.31. The minimum atomic E-state index is -4.42. The van der Waals surface area contributed by atoms with Gasteiger partial charge in [-0.05, 0) is 85.3 Å². The number of nitrogens with zero attached hydrogens (tertiary/aromatic N) is 3. The minimum Gasteiger partial charge on any atom is -0.398 e. The summed E-state index contributed by atoms with van der Waals surface area (Å²) in [4.78, 5) is 8.67. The highest BCUT2D eigenvalue weighted by molar-refractivity contribution is 7.89. The molecule has 0 radical (unpaired) electrons. The van der Waals surface area contributed by atoms with Crippen LogP contribution in [0.1, 0.15) is 24.0 Å². The number of halogens is 4. The Bertz CT molecular complexity index is 1620. The number of piperidine rings is 1. The van der Waals surface area contributed by atoms with E-state index in [2.05, 4.69) is 15.3 Å². The zero-order valence-electron chi connectivity index (χ0n) is 21.8. The number of alkyl halides is 3.